The highest BCUT2D eigenvalue weighted by molar-refractivity contribution is 5.95. The summed E-state index contributed by atoms with van der Waals surface area (Å²) in [6, 6.07) is -0.919. The van der Waals surface area contributed by atoms with Gasteiger partial charge in [-0.1, -0.05) is 25.4 Å². The van der Waals surface area contributed by atoms with Crippen LogP contribution in [0.15, 0.2) is 10.7 Å². The molecular weight excluding hydrogens is 224 g/mol. The molecule has 0 aliphatic rings. The first-order valence-corrected chi connectivity index (χ1v) is 5.42. The number of aryl methyl sites for hydroxylation is 1. The third-order valence-electron chi connectivity index (χ3n) is 2.72. The number of nitrogens with one attached hydrogen (secondary N) is 1. The summed E-state index contributed by atoms with van der Waals surface area (Å²) < 4.78 is 4.77. The Morgan fingerprint density at radius 3 is 2.65 bits per heavy atom. The molecule has 1 unspecified atom stereocenters. The van der Waals surface area contributed by atoms with Gasteiger partial charge in [0.2, 0.25) is 5.76 Å². The topological polar surface area (TPSA) is 92.4 Å². The van der Waals surface area contributed by atoms with Crippen molar-refractivity contribution >= 4 is 11.9 Å². The van der Waals surface area contributed by atoms with E-state index in [9.17, 15) is 9.59 Å². The van der Waals surface area contributed by atoms with Gasteiger partial charge in [0.15, 0.2) is 0 Å². The van der Waals surface area contributed by atoms with Crippen LogP contribution in [-0.4, -0.2) is 28.2 Å². The number of aliphatic carboxylic acids is 1. The summed E-state index contributed by atoms with van der Waals surface area (Å²) in [5.74, 6) is -1.70. The molecule has 17 heavy (non-hydrogen) atoms. The molecule has 1 amide bonds. The van der Waals surface area contributed by atoms with E-state index < -0.39 is 17.9 Å². The van der Waals surface area contributed by atoms with E-state index in [0.717, 1.165) is 0 Å². The maximum absolute atomic E-state index is 11.8. The molecule has 0 saturated carbocycles. The van der Waals surface area contributed by atoms with Gasteiger partial charge >= 0.3 is 5.97 Å². The summed E-state index contributed by atoms with van der Waals surface area (Å²) in [7, 11) is 0. The van der Waals surface area contributed by atoms with E-state index in [0.29, 0.717) is 12.0 Å². The first-order chi connectivity index (χ1) is 7.97. The molecule has 0 aromatic carbocycles. The van der Waals surface area contributed by atoms with Gasteiger partial charge in [-0.15, -0.1) is 0 Å². The lowest BCUT2D eigenvalue weighted by Crippen LogP contribution is -2.45. The Hall–Kier alpha value is -1.85. The smallest absolute Gasteiger partial charge is 0.326 e. The predicted octanol–water partition coefficient (Wildman–Crippen LogP) is 1.21. The van der Waals surface area contributed by atoms with Crippen molar-refractivity contribution < 1.29 is 19.2 Å². The van der Waals surface area contributed by atoms with Crippen LogP contribution in [0, 0.1) is 12.8 Å². The maximum atomic E-state index is 11.8. The van der Waals surface area contributed by atoms with Gasteiger partial charge in [0.1, 0.15) is 6.04 Å². The monoisotopic (exact) mass is 240 g/mol. The van der Waals surface area contributed by atoms with E-state index in [1.807, 2.05) is 6.92 Å². The molecular formula is C11H16N2O4. The van der Waals surface area contributed by atoms with E-state index in [1.165, 1.54) is 6.20 Å². The lowest BCUT2D eigenvalue weighted by molar-refractivity contribution is -0.140. The highest BCUT2D eigenvalue weighted by atomic mass is 16.5. The first kappa shape index (κ1) is 13.2. The van der Waals surface area contributed by atoms with Crippen LogP contribution in [0.2, 0.25) is 0 Å². The Kier molecular flexibility index (Phi) is 4.25. The molecule has 0 spiro atoms. The lowest BCUT2D eigenvalue weighted by Gasteiger charge is -2.19. The van der Waals surface area contributed by atoms with Gasteiger partial charge in [-0.2, -0.15) is 0 Å². The minimum Gasteiger partial charge on any atom is -0.480 e. The summed E-state index contributed by atoms with van der Waals surface area (Å²) in [4.78, 5) is 22.8. The van der Waals surface area contributed by atoms with Crippen LogP contribution >= 0.6 is 0 Å². The quantitative estimate of drug-likeness (QED) is 0.807. The molecule has 0 saturated heterocycles. The van der Waals surface area contributed by atoms with Crippen LogP contribution in [0.1, 0.15) is 36.4 Å². The summed E-state index contributed by atoms with van der Waals surface area (Å²) in [6.45, 7) is 5.31. The molecule has 0 aliphatic carbocycles. The van der Waals surface area contributed by atoms with Crippen LogP contribution in [-0.2, 0) is 4.79 Å². The molecule has 0 aliphatic heterocycles. The van der Waals surface area contributed by atoms with Crippen molar-refractivity contribution in [1.29, 1.82) is 0 Å². The predicted molar refractivity (Wildman–Crippen MR) is 59.6 cm³/mol. The third-order valence-corrected chi connectivity index (χ3v) is 2.72. The number of carbonyl (C=O) groups excluding carboxylic acids is 1. The number of amides is 1. The molecule has 2 atom stereocenters. The fourth-order valence-corrected chi connectivity index (χ4v) is 1.40. The molecule has 1 aromatic rings. The van der Waals surface area contributed by atoms with Crippen molar-refractivity contribution in [2.24, 2.45) is 5.92 Å². The second-order valence-electron chi connectivity index (χ2n) is 4.01. The molecule has 2 N–H and O–H groups in total. The van der Waals surface area contributed by atoms with E-state index in [4.69, 9.17) is 9.63 Å². The van der Waals surface area contributed by atoms with Crippen molar-refractivity contribution in [3.05, 3.63) is 17.5 Å². The molecule has 94 valence electrons. The number of hydrogen-bond acceptors (Lipinski definition) is 4. The average molecular weight is 240 g/mol. The van der Waals surface area contributed by atoms with Crippen molar-refractivity contribution in [3.63, 3.8) is 0 Å². The maximum Gasteiger partial charge on any atom is 0.326 e. The highest BCUT2D eigenvalue weighted by Crippen LogP contribution is 2.11. The van der Waals surface area contributed by atoms with E-state index in [2.05, 4.69) is 10.5 Å². The van der Waals surface area contributed by atoms with Crippen LogP contribution in [0.25, 0.3) is 0 Å². The molecule has 6 nitrogen and oxygen atoms in total. The molecule has 1 aromatic heterocycles. The van der Waals surface area contributed by atoms with Crippen LogP contribution in [0.4, 0.5) is 0 Å². The summed E-state index contributed by atoms with van der Waals surface area (Å²) in [5, 5.41) is 14.9. The number of hydrogen-bond donors (Lipinski definition) is 2. The number of carbonyl (C=O) groups is 2. The van der Waals surface area contributed by atoms with E-state index >= 15 is 0 Å². The van der Waals surface area contributed by atoms with Gasteiger partial charge in [0.25, 0.3) is 5.91 Å². The van der Waals surface area contributed by atoms with E-state index in [-0.39, 0.29) is 11.7 Å². The van der Waals surface area contributed by atoms with Crippen molar-refractivity contribution in [3.8, 4) is 0 Å². The second-order valence-corrected chi connectivity index (χ2v) is 4.01. The highest BCUT2D eigenvalue weighted by Gasteiger charge is 2.27. The third kappa shape index (κ3) is 3.05. The zero-order valence-electron chi connectivity index (χ0n) is 10.1. The number of rotatable bonds is 5. The zero-order valence-corrected chi connectivity index (χ0v) is 10.1. The molecule has 1 rings (SSSR count). The Bertz CT molecular complexity index is 413. The van der Waals surface area contributed by atoms with Gasteiger partial charge in [0, 0.05) is 5.56 Å². The molecule has 0 bridgehead atoms. The lowest BCUT2D eigenvalue weighted by atomic mass is 9.99. The standard InChI is InChI=1S/C11H16N2O4/c1-4-6(2)8(11(15)16)13-10(14)9-7(3)5-12-17-9/h5-6,8H,4H2,1-3H3,(H,13,14)(H,15,16)/t6?,8-/m0/s1. The van der Waals surface area contributed by atoms with Crippen LogP contribution in [0.3, 0.4) is 0 Å². The number of nitrogens with zero attached hydrogens (tertiary/aromatic N) is 1. The summed E-state index contributed by atoms with van der Waals surface area (Å²) in [6.07, 6.45) is 2.07. The van der Waals surface area contributed by atoms with Gasteiger partial charge in [-0.05, 0) is 12.8 Å². The Labute approximate surface area is 99.0 Å². The fourth-order valence-electron chi connectivity index (χ4n) is 1.40. The van der Waals surface area contributed by atoms with Crippen LogP contribution < -0.4 is 5.32 Å². The Balaban J connectivity index is 2.78. The number of carboxylic acid groups (broad SMARTS) is 1. The van der Waals surface area contributed by atoms with Gasteiger partial charge in [0.05, 0.1) is 6.20 Å². The molecule has 0 radical (unpaired) electrons. The van der Waals surface area contributed by atoms with Crippen molar-refractivity contribution in [2.45, 2.75) is 33.2 Å². The van der Waals surface area contributed by atoms with Crippen molar-refractivity contribution in [2.75, 3.05) is 0 Å². The second kappa shape index (κ2) is 5.47. The summed E-state index contributed by atoms with van der Waals surface area (Å²) >= 11 is 0. The molecule has 1 heterocycles. The Morgan fingerprint density at radius 1 is 1.59 bits per heavy atom. The minimum atomic E-state index is -1.05. The van der Waals surface area contributed by atoms with Crippen molar-refractivity contribution in [1.82, 2.24) is 10.5 Å². The van der Waals surface area contributed by atoms with Gasteiger partial charge in [-0.3, -0.25) is 4.79 Å². The average Bonchev–Trinajstić information content (AvgIpc) is 2.70. The zero-order chi connectivity index (χ0) is 13.0. The number of carboxylic acids is 1. The first-order valence-electron chi connectivity index (χ1n) is 5.42. The Morgan fingerprint density at radius 2 is 2.24 bits per heavy atom. The summed E-state index contributed by atoms with van der Waals surface area (Å²) in [5.41, 5.74) is 0.579. The van der Waals surface area contributed by atoms with Gasteiger partial charge in [-0.25, -0.2) is 4.79 Å². The normalized spacial score (nSPS) is 14.1. The minimum absolute atomic E-state index is 0.0551. The van der Waals surface area contributed by atoms with E-state index in [1.54, 1.807) is 13.8 Å². The SMILES string of the molecule is CCC(C)[C@H](NC(=O)c1oncc1C)C(=O)O. The largest absolute Gasteiger partial charge is 0.480 e. The van der Waals surface area contributed by atoms with Gasteiger partial charge < -0.3 is 14.9 Å². The molecule has 0 fully saturated rings. The number of aromatic nitrogens is 1. The van der Waals surface area contributed by atoms with Crippen LogP contribution in [0.5, 0.6) is 0 Å². The molecule has 6 heteroatoms. The fraction of sp³-hybridized carbons (Fsp3) is 0.545.